The number of nitriles is 1. The summed E-state index contributed by atoms with van der Waals surface area (Å²) in [6.07, 6.45) is 3.22. The molecule has 0 bridgehead atoms. The molecule has 0 unspecified atom stereocenters. The van der Waals surface area contributed by atoms with E-state index >= 15 is 0 Å². The number of unbranched alkanes of at least 4 members (excludes halogenated alkanes) is 1. The number of hydrogen-bond donors (Lipinski definition) is 1. The number of esters is 1. The Morgan fingerprint density at radius 3 is 2.45 bits per heavy atom. The van der Waals surface area contributed by atoms with E-state index in [0.717, 1.165) is 24.0 Å². The highest BCUT2D eigenvalue weighted by Crippen LogP contribution is 2.29. The Hall–Kier alpha value is -3.50. The topological polar surface area (TPSA) is 97.7 Å². The van der Waals surface area contributed by atoms with Crippen molar-refractivity contribution in [2.45, 2.75) is 33.6 Å². The van der Waals surface area contributed by atoms with Crippen LogP contribution in [0.25, 0.3) is 6.08 Å². The molecule has 2 rings (SSSR count). The Morgan fingerprint density at radius 1 is 1.15 bits per heavy atom. The van der Waals surface area contributed by atoms with Gasteiger partial charge in [-0.3, -0.25) is 4.79 Å². The van der Waals surface area contributed by atoms with Gasteiger partial charge in [0.25, 0.3) is 5.91 Å². The summed E-state index contributed by atoms with van der Waals surface area (Å²) < 4.78 is 16.2. The molecule has 2 aromatic carbocycles. The molecule has 1 N–H and O–H groups in total. The van der Waals surface area contributed by atoms with Gasteiger partial charge in [0, 0.05) is 11.6 Å². The molecule has 0 saturated carbocycles. The van der Waals surface area contributed by atoms with Gasteiger partial charge in [0.05, 0.1) is 7.11 Å². The third-order valence-electron chi connectivity index (χ3n) is 4.67. The van der Waals surface area contributed by atoms with Gasteiger partial charge in [-0.05, 0) is 67.3 Å². The first-order chi connectivity index (χ1) is 15.8. The molecule has 7 nitrogen and oxygen atoms in total. The lowest BCUT2D eigenvalue weighted by atomic mass is 10.1. The molecule has 8 heteroatoms. The van der Waals surface area contributed by atoms with Crippen LogP contribution < -0.4 is 19.5 Å². The van der Waals surface area contributed by atoms with Crippen molar-refractivity contribution in [1.29, 1.82) is 5.26 Å². The first-order valence-electron chi connectivity index (χ1n) is 10.5. The molecule has 0 radical (unpaired) electrons. The van der Waals surface area contributed by atoms with Gasteiger partial charge < -0.3 is 19.5 Å². The molecule has 0 aliphatic rings. The fourth-order valence-electron chi connectivity index (χ4n) is 2.93. The zero-order chi connectivity index (χ0) is 24.4. The zero-order valence-electron chi connectivity index (χ0n) is 19.2. The maximum absolute atomic E-state index is 12.3. The minimum Gasteiger partial charge on any atom is -0.493 e. The van der Waals surface area contributed by atoms with Gasteiger partial charge in [0.15, 0.2) is 18.1 Å². The van der Waals surface area contributed by atoms with Gasteiger partial charge in [0.1, 0.15) is 17.4 Å². The summed E-state index contributed by atoms with van der Waals surface area (Å²) in [5, 5.41) is 12.7. The zero-order valence-corrected chi connectivity index (χ0v) is 19.9. The number of amides is 1. The summed E-state index contributed by atoms with van der Waals surface area (Å²) in [4.78, 5) is 24.4. The Bertz CT molecular complexity index is 1070. The first kappa shape index (κ1) is 25.8. The summed E-state index contributed by atoms with van der Waals surface area (Å²) in [6, 6.07) is 10.1. The third-order valence-corrected chi connectivity index (χ3v) is 5.27. The molecule has 174 valence electrons. The quantitative estimate of drug-likeness (QED) is 0.176. The number of carbonyl (C=O) groups excluding carboxylic acids is 2. The van der Waals surface area contributed by atoms with Gasteiger partial charge in [-0.15, -0.1) is 0 Å². The van der Waals surface area contributed by atoms with Crippen LogP contribution in [-0.2, 0) is 9.59 Å². The fraction of sp³-hybridized carbons (Fsp3) is 0.320. The van der Waals surface area contributed by atoms with Gasteiger partial charge in [-0.2, -0.15) is 5.26 Å². The van der Waals surface area contributed by atoms with Crippen LogP contribution in [0.5, 0.6) is 17.2 Å². The molecular weight excluding hydrogens is 444 g/mol. The summed E-state index contributed by atoms with van der Waals surface area (Å²) in [5.41, 5.74) is 2.22. The highest BCUT2D eigenvalue weighted by molar-refractivity contribution is 6.32. The molecule has 2 aromatic rings. The summed E-state index contributed by atoms with van der Waals surface area (Å²) in [5.74, 6) is -0.0725. The lowest BCUT2D eigenvalue weighted by molar-refractivity contribution is -0.136. The van der Waals surface area contributed by atoms with Crippen molar-refractivity contribution in [3.63, 3.8) is 0 Å². The van der Waals surface area contributed by atoms with Crippen LogP contribution in [0.1, 0.15) is 36.5 Å². The van der Waals surface area contributed by atoms with Crippen LogP contribution in [0, 0.1) is 25.2 Å². The van der Waals surface area contributed by atoms with E-state index in [1.54, 1.807) is 24.3 Å². The maximum Gasteiger partial charge on any atom is 0.349 e. The molecule has 0 atom stereocenters. The van der Waals surface area contributed by atoms with E-state index in [2.05, 4.69) is 5.32 Å². The average Bonchev–Trinajstić information content (AvgIpc) is 2.80. The molecule has 0 aromatic heterocycles. The predicted molar refractivity (Wildman–Crippen MR) is 127 cm³/mol. The van der Waals surface area contributed by atoms with Crippen molar-refractivity contribution in [2.24, 2.45) is 0 Å². The Kier molecular flexibility index (Phi) is 9.77. The van der Waals surface area contributed by atoms with E-state index < -0.39 is 11.9 Å². The van der Waals surface area contributed by atoms with Gasteiger partial charge >= 0.3 is 5.97 Å². The SMILES string of the molecule is CCCCNC(=O)/C(C#N)=C/c1ccc(OC(=O)COc2cc(C)c(Cl)c(C)c2)c(OC)c1. The van der Waals surface area contributed by atoms with Crippen molar-refractivity contribution in [3.8, 4) is 23.3 Å². The monoisotopic (exact) mass is 470 g/mol. The number of hydrogen-bond acceptors (Lipinski definition) is 6. The molecule has 0 spiro atoms. The summed E-state index contributed by atoms with van der Waals surface area (Å²) in [7, 11) is 1.43. The van der Waals surface area contributed by atoms with Crippen molar-refractivity contribution < 1.29 is 23.8 Å². The number of nitrogens with zero attached hydrogens (tertiary/aromatic N) is 1. The fourth-order valence-corrected chi connectivity index (χ4v) is 3.04. The molecule has 0 fully saturated rings. The minimum absolute atomic E-state index is 0.0279. The van der Waals surface area contributed by atoms with E-state index in [9.17, 15) is 14.9 Å². The minimum atomic E-state index is -0.616. The number of halogens is 1. The average molecular weight is 471 g/mol. The van der Waals surface area contributed by atoms with Crippen LogP contribution >= 0.6 is 11.6 Å². The van der Waals surface area contributed by atoms with Crippen molar-refractivity contribution in [2.75, 3.05) is 20.3 Å². The number of nitrogens with one attached hydrogen (secondary N) is 1. The second-order valence-corrected chi connectivity index (χ2v) is 7.70. The van der Waals surface area contributed by atoms with Crippen molar-refractivity contribution in [3.05, 3.63) is 57.6 Å². The number of methoxy groups -OCH3 is 1. The molecule has 0 heterocycles. The van der Waals surface area contributed by atoms with Crippen LogP contribution in [0.3, 0.4) is 0 Å². The van der Waals surface area contributed by atoms with Crippen LogP contribution in [-0.4, -0.2) is 32.1 Å². The normalized spacial score (nSPS) is 10.8. The molecule has 0 saturated heterocycles. The molecule has 1 amide bonds. The van der Waals surface area contributed by atoms with E-state index in [1.807, 2.05) is 26.8 Å². The second-order valence-electron chi connectivity index (χ2n) is 7.32. The second kappa shape index (κ2) is 12.5. The van der Waals surface area contributed by atoms with E-state index in [0.29, 0.717) is 22.9 Å². The maximum atomic E-state index is 12.3. The van der Waals surface area contributed by atoms with Crippen molar-refractivity contribution in [1.82, 2.24) is 5.32 Å². The highest BCUT2D eigenvalue weighted by atomic mass is 35.5. The van der Waals surface area contributed by atoms with Gasteiger partial charge in [0.2, 0.25) is 0 Å². The Labute approximate surface area is 198 Å². The standard InChI is InChI=1S/C25H27ClN2O5/c1-5-6-9-28-25(30)19(14-27)12-18-7-8-21(22(13-18)31-4)33-23(29)15-32-20-10-16(2)24(26)17(3)11-20/h7-8,10-13H,5-6,9,15H2,1-4H3,(H,28,30)/b19-12+. The Morgan fingerprint density at radius 2 is 1.85 bits per heavy atom. The number of benzene rings is 2. The van der Waals surface area contributed by atoms with Gasteiger partial charge in [-0.25, -0.2) is 4.79 Å². The van der Waals surface area contributed by atoms with Crippen LogP contribution in [0.2, 0.25) is 5.02 Å². The Balaban J connectivity index is 2.07. The smallest absolute Gasteiger partial charge is 0.349 e. The molecule has 33 heavy (non-hydrogen) atoms. The van der Waals surface area contributed by atoms with E-state index in [-0.39, 0.29) is 23.7 Å². The van der Waals surface area contributed by atoms with Gasteiger partial charge in [-0.1, -0.05) is 31.0 Å². The van der Waals surface area contributed by atoms with Crippen LogP contribution in [0.4, 0.5) is 0 Å². The van der Waals surface area contributed by atoms with Crippen LogP contribution in [0.15, 0.2) is 35.9 Å². The molecule has 0 aliphatic carbocycles. The number of ether oxygens (including phenoxy) is 3. The number of aryl methyl sites for hydroxylation is 2. The van der Waals surface area contributed by atoms with Crippen molar-refractivity contribution >= 4 is 29.6 Å². The highest BCUT2D eigenvalue weighted by Gasteiger charge is 2.14. The molecule has 0 aliphatic heterocycles. The van der Waals surface area contributed by atoms with E-state index in [1.165, 1.54) is 19.3 Å². The lowest BCUT2D eigenvalue weighted by Crippen LogP contribution is -2.25. The predicted octanol–water partition coefficient (Wildman–Crippen LogP) is 4.77. The summed E-state index contributed by atoms with van der Waals surface area (Å²) in [6.45, 7) is 5.92. The molecular formula is C25H27ClN2O5. The largest absolute Gasteiger partial charge is 0.493 e. The lowest BCUT2D eigenvalue weighted by Gasteiger charge is -2.12. The van der Waals surface area contributed by atoms with E-state index in [4.69, 9.17) is 25.8 Å². The number of carbonyl (C=O) groups is 2. The first-order valence-corrected chi connectivity index (χ1v) is 10.8. The number of rotatable bonds is 10. The summed E-state index contributed by atoms with van der Waals surface area (Å²) >= 11 is 6.15. The third kappa shape index (κ3) is 7.55.